The van der Waals surface area contributed by atoms with Crippen LogP contribution in [0.25, 0.3) is 10.6 Å². The molecule has 0 spiro atoms. The molecule has 0 aliphatic carbocycles. The molecular weight excluding hydrogens is 394 g/mol. The second-order valence-corrected chi connectivity index (χ2v) is 8.48. The first kappa shape index (κ1) is 20.3. The minimum Gasteiger partial charge on any atom is -0.339 e. The summed E-state index contributed by atoms with van der Waals surface area (Å²) in [5.74, 6) is -0.260. The highest BCUT2D eigenvalue weighted by molar-refractivity contribution is 7.17. The number of thiazole rings is 1. The molecule has 6 heteroatoms. The number of hydrogen-bond acceptors (Lipinski definition) is 4. The Bertz CT molecular complexity index is 1070. The van der Waals surface area contributed by atoms with Crippen molar-refractivity contribution in [1.29, 1.82) is 0 Å². The molecule has 154 valence electrons. The quantitative estimate of drug-likeness (QED) is 0.621. The summed E-state index contributed by atoms with van der Waals surface area (Å²) in [5.41, 5.74) is 4.04. The van der Waals surface area contributed by atoms with Crippen LogP contribution >= 0.6 is 11.3 Å². The average molecular weight is 420 g/mol. The fourth-order valence-electron chi connectivity index (χ4n) is 3.66. The molecule has 1 fully saturated rings. The fourth-order valence-corrected chi connectivity index (χ4v) is 4.63. The third-order valence-corrected chi connectivity index (χ3v) is 6.62. The van der Waals surface area contributed by atoms with Crippen LogP contribution < -0.4 is 5.32 Å². The lowest BCUT2D eigenvalue weighted by Gasteiger charge is -2.17. The van der Waals surface area contributed by atoms with Crippen molar-refractivity contribution in [3.05, 3.63) is 70.2 Å². The van der Waals surface area contributed by atoms with Gasteiger partial charge >= 0.3 is 0 Å². The molecule has 1 aliphatic rings. The summed E-state index contributed by atoms with van der Waals surface area (Å²) in [6, 6.07) is 15.5. The van der Waals surface area contributed by atoms with Gasteiger partial charge in [0, 0.05) is 18.7 Å². The Morgan fingerprint density at radius 2 is 1.77 bits per heavy atom. The molecule has 1 aliphatic heterocycles. The predicted molar refractivity (Wildman–Crippen MR) is 121 cm³/mol. The maximum atomic E-state index is 13.0. The number of hydrogen-bond donors (Lipinski definition) is 1. The van der Waals surface area contributed by atoms with Crippen molar-refractivity contribution in [3.63, 3.8) is 0 Å². The van der Waals surface area contributed by atoms with Crippen LogP contribution in [-0.2, 0) is 6.42 Å². The first-order valence-corrected chi connectivity index (χ1v) is 11.1. The highest BCUT2D eigenvalue weighted by Gasteiger charge is 2.23. The lowest BCUT2D eigenvalue weighted by Crippen LogP contribution is -2.28. The van der Waals surface area contributed by atoms with Crippen LogP contribution in [0.1, 0.15) is 51.1 Å². The first-order valence-electron chi connectivity index (χ1n) is 10.3. The summed E-state index contributed by atoms with van der Waals surface area (Å²) in [6.45, 7) is 5.51. The van der Waals surface area contributed by atoms with E-state index in [1.165, 1.54) is 16.9 Å². The maximum absolute atomic E-state index is 13.0. The van der Waals surface area contributed by atoms with Crippen LogP contribution in [0.2, 0.25) is 0 Å². The van der Waals surface area contributed by atoms with E-state index in [4.69, 9.17) is 0 Å². The van der Waals surface area contributed by atoms with Crippen LogP contribution in [0.3, 0.4) is 0 Å². The number of amides is 2. The van der Waals surface area contributed by atoms with E-state index in [1.54, 1.807) is 12.1 Å². The molecule has 0 saturated carbocycles. The Balaban J connectivity index is 1.56. The molecule has 2 aromatic carbocycles. The average Bonchev–Trinajstić information content (AvgIpc) is 3.44. The lowest BCUT2D eigenvalue weighted by molar-refractivity contribution is 0.0794. The summed E-state index contributed by atoms with van der Waals surface area (Å²) < 4.78 is 0. The van der Waals surface area contributed by atoms with Gasteiger partial charge in [0.15, 0.2) is 0 Å². The van der Waals surface area contributed by atoms with Crippen molar-refractivity contribution in [2.75, 3.05) is 18.4 Å². The van der Waals surface area contributed by atoms with Crippen molar-refractivity contribution < 1.29 is 9.59 Å². The lowest BCUT2D eigenvalue weighted by atomic mass is 10.1. The predicted octanol–water partition coefficient (Wildman–Crippen LogP) is 5.17. The Morgan fingerprint density at radius 3 is 2.47 bits per heavy atom. The van der Waals surface area contributed by atoms with Gasteiger partial charge in [0.1, 0.15) is 9.88 Å². The minimum atomic E-state index is -0.233. The fraction of sp³-hybridized carbons (Fsp3) is 0.292. The Hall–Kier alpha value is -2.99. The molecule has 3 aromatic rings. The van der Waals surface area contributed by atoms with Crippen molar-refractivity contribution in [1.82, 2.24) is 9.88 Å². The number of nitrogens with zero attached hydrogens (tertiary/aromatic N) is 2. The summed E-state index contributed by atoms with van der Waals surface area (Å²) in [6.07, 6.45) is 3.05. The summed E-state index contributed by atoms with van der Waals surface area (Å²) >= 11 is 1.37. The van der Waals surface area contributed by atoms with Gasteiger partial charge in [-0.3, -0.25) is 9.59 Å². The molecule has 2 heterocycles. The van der Waals surface area contributed by atoms with Crippen molar-refractivity contribution in [2.45, 2.75) is 33.1 Å². The molecule has 0 unspecified atom stereocenters. The number of rotatable bonds is 5. The highest BCUT2D eigenvalue weighted by Crippen LogP contribution is 2.29. The molecular formula is C24H25N3O2S. The van der Waals surface area contributed by atoms with Crippen molar-refractivity contribution in [2.24, 2.45) is 0 Å². The maximum Gasteiger partial charge on any atom is 0.267 e. The molecule has 2 amide bonds. The van der Waals surface area contributed by atoms with Crippen molar-refractivity contribution in [3.8, 4) is 10.6 Å². The largest absolute Gasteiger partial charge is 0.339 e. The molecule has 0 radical (unpaired) electrons. The van der Waals surface area contributed by atoms with Crippen LogP contribution in [-0.4, -0.2) is 34.8 Å². The number of aromatic nitrogens is 1. The second kappa shape index (κ2) is 8.79. The van der Waals surface area contributed by atoms with E-state index < -0.39 is 0 Å². The Labute approximate surface area is 180 Å². The van der Waals surface area contributed by atoms with E-state index in [0.29, 0.717) is 21.8 Å². The van der Waals surface area contributed by atoms with Crippen LogP contribution in [0.4, 0.5) is 5.69 Å². The number of benzene rings is 2. The Kier molecular flexibility index (Phi) is 5.95. The Morgan fingerprint density at radius 1 is 1.07 bits per heavy atom. The zero-order valence-corrected chi connectivity index (χ0v) is 18.1. The first-order chi connectivity index (χ1) is 14.6. The topological polar surface area (TPSA) is 62.3 Å². The van der Waals surface area contributed by atoms with Crippen LogP contribution in [0.5, 0.6) is 0 Å². The molecule has 1 N–H and O–H groups in total. The smallest absolute Gasteiger partial charge is 0.267 e. The van der Waals surface area contributed by atoms with Gasteiger partial charge < -0.3 is 10.2 Å². The zero-order valence-electron chi connectivity index (χ0n) is 17.3. The molecule has 0 bridgehead atoms. The van der Waals surface area contributed by atoms with Gasteiger partial charge in [-0.05, 0) is 43.9 Å². The second-order valence-electron chi connectivity index (χ2n) is 7.48. The number of anilines is 1. The summed E-state index contributed by atoms with van der Waals surface area (Å²) in [4.78, 5) is 32.9. The van der Waals surface area contributed by atoms with E-state index in [1.807, 2.05) is 36.1 Å². The number of carbonyl (C=O) groups excluding carboxylic acids is 2. The number of nitrogens with one attached hydrogen (secondary N) is 1. The summed E-state index contributed by atoms with van der Waals surface area (Å²) in [5, 5.41) is 3.76. The van der Waals surface area contributed by atoms with E-state index in [-0.39, 0.29) is 11.8 Å². The highest BCUT2D eigenvalue weighted by atomic mass is 32.1. The van der Waals surface area contributed by atoms with E-state index in [2.05, 4.69) is 29.4 Å². The monoisotopic (exact) mass is 419 g/mol. The van der Waals surface area contributed by atoms with Crippen LogP contribution in [0.15, 0.2) is 48.5 Å². The molecule has 1 aromatic heterocycles. The van der Waals surface area contributed by atoms with Gasteiger partial charge in [-0.2, -0.15) is 0 Å². The van der Waals surface area contributed by atoms with Gasteiger partial charge in [-0.1, -0.05) is 43.3 Å². The van der Waals surface area contributed by atoms with Gasteiger partial charge in [-0.25, -0.2) is 4.98 Å². The summed E-state index contributed by atoms with van der Waals surface area (Å²) in [7, 11) is 0. The molecule has 0 atom stereocenters. The van der Waals surface area contributed by atoms with Gasteiger partial charge in [0.25, 0.3) is 11.8 Å². The van der Waals surface area contributed by atoms with Crippen LogP contribution in [0, 0.1) is 6.92 Å². The SMILES string of the molecule is CCc1ccc(-c2nc(C)c(C(=O)Nc3ccccc3C(=O)N3CCCC3)s2)cc1. The number of carbonyl (C=O) groups is 2. The molecule has 30 heavy (non-hydrogen) atoms. The number of aryl methyl sites for hydroxylation is 2. The number of likely N-dealkylation sites (tertiary alicyclic amines) is 1. The third kappa shape index (κ3) is 4.14. The van der Waals surface area contributed by atoms with E-state index in [9.17, 15) is 9.59 Å². The zero-order chi connectivity index (χ0) is 21.1. The van der Waals surface area contributed by atoms with Gasteiger partial charge in [0.05, 0.1) is 16.9 Å². The van der Waals surface area contributed by atoms with Gasteiger partial charge in [-0.15, -0.1) is 11.3 Å². The molecule has 1 saturated heterocycles. The third-order valence-electron chi connectivity index (χ3n) is 5.41. The molecule has 5 nitrogen and oxygen atoms in total. The van der Waals surface area contributed by atoms with Gasteiger partial charge in [0.2, 0.25) is 0 Å². The van der Waals surface area contributed by atoms with E-state index in [0.717, 1.165) is 42.9 Å². The molecule has 4 rings (SSSR count). The normalized spacial score (nSPS) is 13.5. The standard InChI is InChI=1S/C24H25N3O2S/c1-3-17-10-12-18(13-11-17)23-25-16(2)21(30-23)22(28)26-20-9-5-4-8-19(20)24(29)27-14-6-7-15-27/h4-5,8-13H,3,6-7,14-15H2,1-2H3,(H,26,28). The van der Waals surface area contributed by atoms with Crippen molar-refractivity contribution >= 4 is 28.8 Å². The minimum absolute atomic E-state index is 0.0267. The number of para-hydroxylation sites is 1. The van der Waals surface area contributed by atoms with E-state index >= 15 is 0 Å².